The lowest BCUT2D eigenvalue weighted by molar-refractivity contribution is -0.121. The molecule has 0 aromatic heterocycles. The number of amides is 1. The van der Waals surface area contributed by atoms with Crippen LogP contribution in [0, 0.1) is 11.3 Å². The summed E-state index contributed by atoms with van der Waals surface area (Å²) in [6.45, 7) is 4.39. The molecule has 20 heavy (non-hydrogen) atoms. The van der Waals surface area contributed by atoms with Gasteiger partial charge in [-0.05, 0) is 25.1 Å². The molecule has 0 atom stereocenters. The second-order valence-corrected chi connectivity index (χ2v) is 4.41. The molecule has 0 saturated heterocycles. The van der Waals surface area contributed by atoms with Crippen LogP contribution in [-0.4, -0.2) is 44.1 Å². The molecular formula is C15H21N3O2. The molecule has 0 aliphatic heterocycles. The normalized spacial score (nSPS) is 10.1. The van der Waals surface area contributed by atoms with Crippen LogP contribution >= 0.6 is 0 Å². The molecule has 5 nitrogen and oxygen atoms in total. The van der Waals surface area contributed by atoms with Gasteiger partial charge in [0.1, 0.15) is 18.4 Å². The van der Waals surface area contributed by atoms with Crippen LogP contribution in [0.25, 0.3) is 0 Å². The summed E-state index contributed by atoms with van der Waals surface area (Å²) >= 11 is 0. The minimum Gasteiger partial charge on any atom is -0.491 e. The van der Waals surface area contributed by atoms with E-state index in [4.69, 9.17) is 10.00 Å². The molecule has 0 bridgehead atoms. The monoisotopic (exact) mass is 275 g/mol. The number of nitrogens with one attached hydrogen (secondary N) is 1. The fraction of sp³-hybridized carbons (Fsp3) is 0.467. The first kappa shape index (κ1) is 16.0. The van der Waals surface area contributed by atoms with Crippen LogP contribution in [0.3, 0.4) is 0 Å². The molecule has 0 aliphatic carbocycles. The van der Waals surface area contributed by atoms with E-state index in [0.29, 0.717) is 31.0 Å². The van der Waals surface area contributed by atoms with Gasteiger partial charge in [-0.25, -0.2) is 0 Å². The second-order valence-electron chi connectivity index (χ2n) is 4.41. The Balaban J connectivity index is 2.47. The predicted octanol–water partition coefficient (Wildman–Crippen LogP) is 1.40. The van der Waals surface area contributed by atoms with Crippen LogP contribution in [0.2, 0.25) is 0 Å². The Kier molecular flexibility index (Phi) is 7.15. The summed E-state index contributed by atoms with van der Waals surface area (Å²) in [5.74, 6) is 0.585. The van der Waals surface area contributed by atoms with Gasteiger partial charge in [-0.1, -0.05) is 19.1 Å². The summed E-state index contributed by atoms with van der Waals surface area (Å²) in [6.07, 6.45) is 0.978. The second kappa shape index (κ2) is 8.94. The van der Waals surface area contributed by atoms with Gasteiger partial charge < -0.3 is 10.1 Å². The number of likely N-dealkylation sites (N-methyl/N-ethyl adjacent to an activating group) is 1. The zero-order chi connectivity index (χ0) is 14.8. The number of benzene rings is 1. The summed E-state index contributed by atoms with van der Waals surface area (Å²) in [5, 5.41) is 11.6. The molecule has 1 amide bonds. The number of carbonyl (C=O) groups is 1. The van der Waals surface area contributed by atoms with Crippen molar-refractivity contribution in [3.05, 3.63) is 29.8 Å². The average Bonchev–Trinajstić information content (AvgIpc) is 2.47. The number of hydrogen-bond donors (Lipinski definition) is 1. The van der Waals surface area contributed by atoms with Crippen molar-refractivity contribution in [3.8, 4) is 11.8 Å². The zero-order valence-corrected chi connectivity index (χ0v) is 12.1. The summed E-state index contributed by atoms with van der Waals surface area (Å²) < 4.78 is 5.62. The highest BCUT2D eigenvalue weighted by Gasteiger charge is 2.09. The number of ether oxygens (including phenoxy) is 1. The van der Waals surface area contributed by atoms with Crippen molar-refractivity contribution in [1.82, 2.24) is 10.2 Å². The predicted molar refractivity (Wildman–Crippen MR) is 77.4 cm³/mol. The molecular weight excluding hydrogens is 254 g/mol. The molecule has 0 unspecified atom stereocenters. The van der Waals surface area contributed by atoms with E-state index >= 15 is 0 Å². The minimum absolute atomic E-state index is 0.00382. The third kappa shape index (κ3) is 5.29. The van der Waals surface area contributed by atoms with Gasteiger partial charge in [0.05, 0.1) is 12.1 Å². The van der Waals surface area contributed by atoms with Gasteiger partial charge in [0.15, 0.2) is 0 Å². The maximum absolute atomic E-state index is 11.4. The first-order valence-electron chi connectivity index (χ1n) is 6.76. The average molecular weight is 275 g/mol. The summed E-state index contributed by atoms with van der Waals surface area (Å²) in [7, 11) is 1.63. The van der Waals surface area contributed by atoms with Gasteiger partial charge in [0.25, 0.3) is 0 Å². The maximum Gasteiger partial charge on any atom is 0.233 e. The SMILES string of the molecule is CCCN(CCOc1ccccc1C#N)CC(=O)NC. The van der Waals surface area contributed by atoms with E-state index in [0.717, 1.165) is 13.0 Å². The number of para-hydroxylation sites is 1. The van der Waals surface area contributed by atoms with E-state index < -0.39 is 0 Å². The molecule has 0 radical (unpaired) electrons. The van der Waals surface area contributed by atoms with E-state index in [1.165, 1.54) is 0 Å². The van der Waals surface area contributed by atoms with Crippen LogP contribution in [0.4, 0.5) is 0 Å². The molecule has 1 N–H and O–H groups in total. The topological polar surface area (TPSA) is 65.4 Å². The van der Waals surface area contributed by atoms with Gasteiger partial charge in [0.2, 0.25) is 5.91 Å². The number of hydrogen-bond acceptors (Lipinski definition) is 4. The highest BCUT2D eigenvalue weighted by Crippen LogP contribution is 2.16. The molecule has 0 aliphatic rings. The van der Waals surface area contributed by atoms with Crippen molar-refractivity contribution in [2.24, 2.45) is 0 Å². The molecule has 5 heteroatoms. The van der Waals surface area contributed by atoms with Gasteiger partial charge >= 0.3 is 0 Å². The summed E-state index contributed by atoms with van der Waals surface area (Å²) in [5.41, 5.74) is 0.529. The third-order valence-electron chi connectivity index (χ3n) is 2.86. The minimum atomic E-state index is -0.00382. The largest absolute Gasteiger partial charge is 0.491 e. The Morgan fingerprint density at radius 3 is 2.80 bits per heavy atom. The highest BCUT2D eigenvalue weighted by molar-refractivity contribution is 5.77. The Morgan fingerprint density at radius 1 is 1.40 bits per heavy atom. The van der Waals surface area contributed by atoms with Crippen LogP contribution in [0.15, 0.2) is 24.3 Å². The van der Waals surface area contributed by atoms with Crippen LogP contribution in [0.1, 0.15) is 18.9 Å². The molecule has 0 saturated carbocycles. The van der Waals surface area contributed by atoms with Crippen LogP contribution in [-0.2, 0) is 4.79 Å². The Bertz CT molecular complexity index is 468. The Labute approximate surface area is 120 Å². The smallest absolute Gasteiger partial charge is 0.233 e. The zero-order valence-electron chi connectivity index (χ0n) is 12.1. The van der Waals surface area contributed by atoms with Gasteiger partial charge in [-0.15, -0.1) is 0 Å². The van der Waals surface area contributed by atoms with Gasteiger partial charge in [0, 0.05) is 13.6 Å². The quantitative estimate of drug-likeness (QED) is 0.778. The fourth-order valence-corrected chi connectivity index (χ4v) is 1.84. The molecule has 1 aromatic rings. The molecule has 0 fully saturated rings. The van der Waals surface area contributed by atoms with E-state index in [1.807, 2.05) is 11.0 Å². The van der Waals surface area contributed by atoms with Gasteiger partial charge in [-0.2, -0.15) is 5.26 Å². The van der Waals surface area contributed by atoms with Crippen molar-refractivity contribution in [3.63, 3.8) is 0 Å². The molecule has 1 rings (SSSR count). The van der Waals surface area contributed by atoms with E-state index in [-0.39, 0.29) is 5.91 Å². The van der Waals surface area contributed by atoms with Crippen molar-refractivity contribution < 1.29 is 9.53 Å². The standard InChI is InChI=1S/C15H21N3O2/c1-3-8-18(12-15(19)17-2)9-10-20-14-7-5-4-6-13(14)11-16/h4-7H,3,8-10,12H2,1-2H3,(H,17,19). The van der Waals surface area contributed by atoms with E-state index in [2.05, 4.69) is 18.3 Å². The molecule has 0 heterocycles. The van der Waals surface area contributed by atoms with Crippen molar-refractivity contribution in [2.45, 2.75) is 13.3 Å². The summed E-state index contributed by atoms with van der Waals surface area (Å²) in [6, 6.07) is 9.25. The lowest BCUT2D eigenvalue weighted by Crippen LogP contribution is -2.38. The highest BCUT2D eigenvalue weighted by atomic mass is 16.5. The lowest BCUT2D eigenvalue weighted by atomic mass is 10.2. The lowest BCUT2D eigenvalue weighted by Gasteiger charge is -2.20. The van der Waals surface area contributed by atoms with Crippen molar-refractivity contribution >= 4 is 5.91 Å². The molecule has 0 spiro atoms. The number of nitriles is 1. The van der Waals surface area contributed by atoms with Crippen LogP contribution < -0.4 is 10.1 Å². The van der Waals surface area contributed by atoms with Crippen LogP contribution in [0.5, 0.6) is 5.75 Å². The number of carbonyl (C=O) groups excluding carboxylic acids is 1. The van der Waals surface area contributed by atoms with Crippen molar-refractivity contribution in [1.29, 1.82) is 5.26 Å². The third-order valence-corrected chi connectivity index (χ3v) is 2.86. The first-order chi connectivity index (χ1) is 9.71. The number of rotatable bonds is 8. The summed E-state index contributed by atoms with van der Waals surface area (Å²) in [4.78, 5) is 13.4. The molecule has 1 aromatic carbocycles. The fourth-order valence-electron chi connectivity index (χ4n) is 1.84. The van der Waals surface area contributed by atoms with E-state index in [1.54, 1.807) is 25.2 Å². The van der Waals surface area contributed by atoms with Crippen molar-refractivity contribution in [2.75, 3.05) is 33.3 Å². The number of nitrogens with zero attached hydrogens (tertiary/aromatic N) is 2. The Hall–Kier alpha value is -2.06. The first-order valence-corrected chi connectivity index (χ1v) is 6.76. The van der Waals surface area contributed by atoms with E-state index in [9.17, 15) is 4.79 Å². The van der Waals surface area contributed by atoms with Gasteiger partial charge in [-0.3, -0.25) is 9.69 Å². The maximum atomic E-state index is 11.4. The Morgan fingerprint density at radius 2 is 2.15 bits per heavy atom. The molecule has 108 valence electrons.